The monoisotopic (exact) mass is 403 g/mol. The Hall–Kier alpha value is -4.13. The molecule has 0 spiro atoms. The van der Waals surface area contributed by atoms with Crippen LogP contribution in [0.3, 0.4) is 0 Å². The molecule has 0 bridgehead atoms. The molecule has 7 nitrogen and oxygen atoms in total. The van der Waals surface area contributed by atoms with E-state index in [1.54, 1.807) is 66.7 Å². The van der Waals surface area contributed by atoms with Crippen LogP contribution in [0.2, 0.25) is 0 Å². The Balaban J connectivity index is 1.65. The largest absolute Gasteiger partial charge is 0.488 e. The van der Waals surface area contributed by atoms with E-state index in [0.717, 1.165) is 5.56 Å². The van der Waals surface area contributed by atoms with Crippen LogP contribution in [0.15, 0.2) is 72.8 Å². The Morgan fingerprint density at radius 2 is 1.53 bits per heavy atom. The van der Waals surface area contributed by atoms with Crippen LogP contribution in [0.1, 0.15) is 33.2 Å². The molecule has 0 heterocycles. The molecule has 0 aliphatic rings. The molecule has 3 aromatic rings. The first-order valence-corrected chi connectivity index (χ1v) is 9.22. The molecule has 0 aliphatic heterocycles. The summed E-state index contributed by atoms with van der Waals surface area (Å²) >= 11 is 0. The van der Waals surface area contributed by atoms with Gasteiger partial charge in [-0.3, -0.25) is 14.4 Å². The van der Waals surface area contributed by atoms with E-state index in [9.17, 15) is 14.4 Å². The number of primary amides is 1. The summed E-state index contributed by atoms with van der Waals surface area (Å²) in [4.78, 5) is 35.1. The molecular formula is C23H21N3O4. The van der Waals surface area contributed by atoms with Crippen molar-refractivity contribution in [1.29, 1.82) is 0 Å². The quantitative estimate of drug-likeness (QED) is 0.560. The van der Waals surface area contributed by atoms with E-state index in [1.165, 1.54) is 6.92 Å². The van der Waals surface area contributed by atoms with Crippen molar-refractivity contribution in [2.45, 2.75) is 13.5 Å². The average Bonchev–Trinajstić information content (AvgIpc) is 2.73. The van der Waals surface area contributed by atoms with Crippen LogP contribution in [0.5, 0.6) is 5.75 Å². The second-order valence-corrected chi connectivity index (χ2v) is 6.56. The van der Waals surface area contributed by atoms with Gasteiger partial charge in [-0.2, -0.15) is 0 Å². The maximum absolute atomic E-state index is 12.6. The van der Waals surface area contributed by atoms with Gasteiger partial charge in [0.15, 0.2) is 0 Å². The summed E-state index contributed by atoms with van der Waals surface area (Å²) < 4.78 is 5.72. The minimum Gasteiger partial charge on any atom is -0.488 e. The minimum atomic E-state index is -0.566. The third-order valence-corrected chi connectivity index (χ3v) is 4.20. The molecule has 152 valence electrons. The first kappa shape index (κ1) is 20.6. The lowest BCUT2D eigenvalue weighted by atomic mass is 10.1. The van der Waals surface area contributed by atoms with Gasteiger partial charge in [-0.05, 0) is 54.1 Å². The van der Waals surface area contributed by atoms with E-state index in [-0.39, 0.29) is 18.4 Å². The summed E-state index contributed by atoms with van der Waals surface area (Å²) in [6, 6.07) is 20.5. The molecule has 0 fully saturated rings. The first-order chi connectivity index (χ1) is 14.4. The van der Waals surface area contributed by atoms with Crippen molar-refractivity contribution in [2.24, 2.45) is 5.73 Å². The highest BCUT2D eigenvalue weighted by Crippen LogP contribution is 2.20. The Morgan fingerprint density at radius 3 is 2.20 bits per heavy atom. The molecular weight excluding hydrogens is 382 g/mol. The van der Waals surface area contributed by atoms with Gasteiger partial charge in [-0.25, -0.2) is 0 Å². The molecule has 30 heavy (non-hydrogen) atoms. The van der Waals surface area contributed by atoms with E-state index in [1.807, 2.05) is 6.07 Å². The van der Waals surface area contributed by atoms with Gasteiger partial charge in [0.2, 0.25) is 5.91 Å². The predicted molar refractivity (Wildman–Crippen MR) is 114 cm³/mol. The molecule has 0 aromatic heterocycles. The topological polar surface area (TPSA) is 111 Å². The summed E-state index contributed by atoms with van der Waals surface area (Å²) in [6.45, 7) is 1.61. The highest BCUT2D eigenvalue weighted by Gasteiger charge is 2.10. The smallest absolute Gasteiger partial charge is 0.255 e. The maximum Gasteiger partial charge on any atom is 0.255 e. The normalized spacial score (nSPS) is 10.2. The van der Waals surface area contributed by atoms with Crippen molar-refractivity contribution in [3.8, 4) is 5.75 Å². The van der Waals surface area contributed by atoms with E-state index in [0.29, 0.717) is 28.3 Å². The summed E-state index contributed by atoms with van der Waals surface area (Å²) in [5.41, 5.74) is 8.14. The highest BCUT2D eigenvalue weighted by atomic mass is 16.5. The SMILES string of the molecule is CC(=O)Nc1ccc(NC(=O)c2cccc(COc3ccccc3C(N)=O)c2)cc1. The number of amides is 3. The lowest BCUT2D eigenvalue weighted by molar-refractivity contribution is -0.114. The Bertz CT molecular complexity index is 1080. The van der Waals surface area contributed by atoms with Gasteiger partial charge in [0.1, 0.15) is 12.4 Å². The number of carbonyl (C=O) groups excluding carboxylic acids is 3. The van der Waals surface area contributed by atoms with E-state index in [2.05, 4.69) is 10.6 Å². The Morgan fingerprint density at radius 1 is 0.867 bits per heavy atom. The number of carbonyl (C=O) groups is 3. The molecule has 3 amide bonds. The lowest BCUT2D eigenvalue weighted by Crippen LogP contribution is -2.14. The molecule has 0 unspecified atom stereocenters. The molecule has 0 saturated heterocycles. The Kier molecular flexibility index (Phi) is 6.44. The number of nitrogens with one attached hydrogen (secondary N) is 2. The second kappa shape index (κ2) is 9.38. The van der Waals surface area contributed by atoms with Crippen molar-refractivity contribution >= 4 is 29.1 Å². The van der Waals surface area contributed by atoms with Crippen molar-refractivity contribution in [3.05, 3.63) is 89.5 Å². The number of hydrogen-bond acceptors (Lipinski definition) is 4. The zero-order chi connectivity index (χ0) is 21.5. The van der Waals surface area contributed by atoms with Gasteiger partial charge >= 0.3 is 0 Å². The number of benzene rings is 3. The molecule has 3 rings (SSSR count). The van der Waals surface area contributed by atoms with Crippen LogP contribution >= 0.6 is 0 Å². The standard InChI is InChI=1S/C23H21N3O4/c1-15(27)25-18-9-11-19(12-10-18)26-23(29)17-6-4-5-16(13-17)14-30-21-8-3-2-7-20(21)22(24)28/h2-13H,14H2,1H3,(H2,24,28)(H,25,27)(H,26,29). The fourth-order valence-electron chi connectivity index (χ4n) is 2.80. The number of anilines is 2. The van der Waals surface area contributed by atoms with E-state index >= 15 is 0 Å². The summed E-state index contributed by atoms with van der Waals surface area (Å²) in [6.07, 6.45) is 0. The molecule has 7 heteroatoms. The zero-order valence-electron chi connectivity index (χ0n) is 16.3. The van der Waals surface area contributed by atoms with Crippen LogP contribution in [-0.2, 0) is 11.4 Å². The van der Waals surface area contributed by atoms with Crippen LogP contribution < -0.4 is 21.1 Å². The van der Waals surface area contributed by atoms with Gasteiger partial charge in [-0.1, -0.05) is 24.3 Å². The third kappa shape index (κ3) is 5.45. The molecule has 0 aliphatic carbocycles. The first-order valence-electron chi connectivity index (χ1n) is 9.22. The third-order valence-electron chi connectivity index (χ3n) is 4.20. The Labute approximate surface area is 173 Å². The van der Waals surface area contributed by atoms with Gasteiger partial charge in [0.05, 0.1) is 5.56 Å². The van der Waals surface area contributed by atoms with Gasteiger partial charge in [-0.15, -0.1) is 0 Å². The van der Waals surface area contributed by atoms with Crippen molar-refractivity contribution in [3.63, 3.8) is 0 Å². The minimum absolute atomic E-state index is 0.163. The zero-order valence-corrected chi connectivity index (χ0v) is 16.3. The van der Waals surface area contributed by atoms with Crippen molar-refractivity contribution < 1.29 is 19.1 Å². The summed E-state index contributed by atoms with van der Waals surface area (Å²) in [5, 5.41) is 5.48. The van der Waals surface area contributed by atoms with Gasteiger partial charge in [0, 0.05) is 23.9 Å². The number of hydrogen-bond donors (Lipinski definition) is 3. The van der Waals surface area contributed by atoms with E-state index < -0.39 is 5.91 Å². The molecule has 4 N–H and O–H groups in total. The molecule has 0 radical (unpaired) electrons. The van der Waals surface area contributed by atoms with Crippen LogP contribution in [-0.4, -0.2) is 17.7 Å². The van der Waals surface area contributed by atoms with Crippen molar-refractivity contribution in [1.82, 2.24) is 0 Å². The van der Waals surface area contributed by atoms with Crippen LogP contribution in [0, 0.1) is 0 Å². The number of nitrogens with two attached hydrogens (primary N) is 1. The number of para-hydroxylation sites is 1. The fraction of sp³-hybridized carbons (Fsp3) is 0.0870. The molecule has 0 atom stereocenters. The van der Waals surface area contributed by atoms with Crippen LogP contribution in [0.25, 0.3) is 0 Å². The van der Waals surface area contributed by atoms with Gasteiger partial charge in [0.25, 0.3) is 11.8 Å². The maximum atomic E-state index is 12.6. The van der Waals surface area contributed by atoms with E-state index in [4.69, 9.17) is 10.5 Å². The average molecular weight is 403 g/mol. The number of ether oxygens (including phenoxy) is 1. The molecule has 3 aromatic carbocycles. The number of rotatable bonds is 7. The summed E-state index contributed by atoms with van der Waals surface area (Å²) in [7, 11) is 0. The summed E-state index contributed by atoms with van der Waals surface area (Å²) in [5.74, 6) is -0.617. The highest BCUT2D eigenvalue weighted by molar-refractivity contribution is 6.04. The van der Waals surface area contributed by atoms with Crippen molar-refractivity contribution in [2.75, 3.05) is 10.6 Å². The lowest BCUT2D eigenvalue weighted by Gasteiger charge is -2.11. The predicted octanol–water partition coefficient (Wildman–Crippen LogP) is 3.58. The van der Waals surface area contributed by atoms with Gasteiger partial charge < -0.3 is 21.1 Å². The molecule has 0 saturated carbocycles. The second-order valence-electron chi connectivity index (χ2n) is 6.56. The fourth-order valence-corrected chi connectivity index (χ4v) is 2.80. The van der Waals surface area contributed by atoms with Crippen LogP contribution in [0.4, 0.5) is 11.4 Å².